The summed E-state index contributed by atoms with van der Waals surface area (Å²) in [5.41, 5.74) is 2.01. The zero-order valence-electron chi connectivity index (χ0n) is 14.8. The van der Waals surface area contributed by atoms with Crippen molar-refractivity contribution in [2.45, 2.75) is 31.3 Å². The first-order valence-corrected chi connectivity index (χ1v) is 10.1. The summed E-state index contributed by atoms with van der Waals surface area (Å²) in [6.07, 6.45) is 2.67. The summed E-state index contributed by atoms with van der Waals surface area (Å²) in [4.78, 5) is 31.4. The second-order valence-corrected chi connectivity index (χ2v) is 7.98. The molecule has 1 aromatic carbocycles. The standard InChI is InChI=1S/C19H20N4O3S/c24-18(22-7-9-26-10-8-22)13-3-1-2-4-14(13)19(25)23-12-5-6-16(23)17-15(11-12)20-21-27-17/h1-4,12,16H,5-11H2/t12-,16+/m1/s1. The number of rotatable bonds is 2. The highest BCUT2D eigenvalue weighted by atomic mass is 32.1. The molecule has 2 aromatic rings. The first kappa shape index (κ1) is 16.8. The molecule has 2 fully saturated rings. The first-order valence-electron chi connectivity index (χ1n) is 9.34. The van der Waals surface area contributed by atoms with Gasteiger partial charge in [0, 0.05) is 25.6 Å². The van der Waals surface area contributed by atoms with Crippen LogP contribution in [0.1, 0.15) is 50.2 Å². The number of hydrogen-bond donors (Lipinski definition) is 0. The number of hydrogen-bond acceptors (Lipinski definition) is 6. The minimum Gasteiger partial charge on any atom is -0.378 e. The van der Waals surface area contributed by atoms with E-state index in [1.54, 1.807) is 17.0 Å². The van der Waals surface area contributed by atoms with Gasteiger partial charge in [-0.15, -0.1) is 5.10 Å². The molecule has 5 rings (SSSR count). The maximum absolute atomic E-state index is 13.5. The molecule has 2 bridgehead atoms. The third kappa shape index (κ3) is 2.74. The summed E-state index contributed by atoms with van der Waals surface area (Å²) in [5.74, 6) is -0.148. The summed E-state index contributed by atoms with van der Waals surface area (Å²) in [5, 5.41) is 4.23. The van der Waals surface area contributed by atoms with Gasteiger partial charge in [0.2, 0.25) is 0 Å². The summed E-state index contributed by atoms with van der Waals surface area (Å²) in [7, 11) is 0. The molecule has 0 unspecified atom stereocenters. The lowest BCUT2D eigenvalue weighted by Gasteiger charge is -2.34. The summed E-state index contributed by atoms with van der Waals surface area (Å²) in [6, 6.07) is 7.37. The van der Waals surface area contributed by atoms with Crippen molar-refractivity contribution < 1.29 is 14.3 Å². The zero-order valence-corrected chi connectivity index (χ0v) is 15.7. The van der Waals surface area contributed by atoms with E-state index in [0.29, 0.717) is 37.4 Å². The predicted molar refractivity (Wildman–Crippen MR) is 98.7 cm³/mol. The predicted octanol–water partition coefficient (Wildman–Crippen LogP) is 1.91. The van der Waals surface area contributed by atoms with Crippen LogP contribution in [0.2, 0.25) is 0 Å². The van der Waals surface area contributed by atoms with E-state index in [-0.39, 0.29) is 23.9 Å². The normalized spacial score (nSPS) is 24.0. The Bertz CT molecular complexity index is 893. The van der Waals surface area contributed by atoms with E-state index in [1.165, 1.54) is 11.5 Å². The van der Waals surface area contributed by atoms with Crippen molar-refractivity contribution in [3.05, 3.63) is 46.0 Å². The molecule has 0 saturated carbocycles. The van der Waals surface area contributed by atoms with Gasteiger partial charge in [0.15, 0.2) is 0 Å². The lowest BCUT2D eigenvalue weighted by atomic mass is 10.00. The molecule has 0 N–H and O–H groups in total. The van der Waals surface area contributed by atoms with Crippen molar-refractivity contribution in [2.24, 2.45) is 0 Å². The fraction of sp³-hybridized carbons (Fsp3) is 0.474. The fourth-order valence-corrected chi connectivity index (χ4v) is 5.22. The number of fused-ring (bicyclic) bond motifs is 4. The van der Waals surface area contributed by atoms with Crippen molar-refractivity contribution in [3.8, 4) is 0 Å². The van der Waals surface area contributed by atoms with E-state index in [1.807, 2.05) is 17.0 Å². The van der Waals surface area contributed by atoms with Gasteiger partial charge in [-0.3, -0.25) is 9.59 Å². The highest BCUT2D eigenvalue weighted by Crippen LogP contribution is 2.45. The molecule has 8 heteroatoms. The van der Waals surface area contributed by atoms with Crippen LogP contribution >= 0.6 is 11.5 Å². The maximum atomic E-state index is 13.5. The highest BCUT2D eigenvalue weighted by molar-refractivity contribution is 7.05. The number of carbonyl (C=O) groups is 2. The molecule has 2 atom stereocenters. The molecule has 0 radical (unpaired) electrons. The third-order valence-electron chi connectivity index (χ3n) is 5.74. The maximum Gasteiger partial charge on any atom is 0.255 e. The largest absolute Gasteiger partial charge is 0.378 e. The van der Waals surface area contributed by atoms with E-state index in [9.17, 15) is 9.59 Å². The molecular formula is C19H20N4O3S. The minimum atomic E-state index is -0.0910. The Kier molecular flexibility index (Phi) is 4.17. The summed E-state index contributed by atoms with van der Waals surface area (Å²) in [6.45, 7) is 2.21. The molecule has 4 heterocycles. The Balaban J connectivity index is 1.47. The van der Waals surface area contributed by atoms with Gasteiger partial charge >= 0.3 is 0 Å². The smallest absolute Gasteiger partial charge is 0.255 e. The van der Waals surface area contributed by atoms with Gasteiger partial charge in [-0.25, -0.2) is 0 Å². The van der Waals surface area contributed by atoms with Crippen LogP contribution in [0.4, 0.5) is 0 Å². The first-order chi connectivity index (χ1) is 13.2. The second-order valence-electron chi connectivity index (χ2n) is 7.20. The average Bonchev–Trinajstić information content (AvgIpc) is 3.32. The minimum absolute atomic E-state index is 0.0396. The summed E-state index contributed by atoms with van der Waals surface area (Å²) >= 11 is 1.39. The van der Waals surface area contributed by atoms with E-state index in [2.05, 4.69) is 9.59 Å². The number of morpholine rings is 1. The second kappa shape index (κ2) is 6.69. The van der Waals surface area contributed by atoms with Crippen molar-refractivity contribution in [1.82, 2.24) is 19.4 Å². The van der Waals surface area contributed by atoms with Crippen LogP contribution in [0.15, 0.2) is 24.3 Å². The quantitative estimate of drug-likeness (QED) is 0.791. The van der Waals surface area contributed by atoms with E-state index < -0.39 is 0 Å². The van der Waals surface area contributed by atoms with Crippen molar-refractivity contribution in [1.29, 1.82) is 0 Å². The third-order valence-corrected chi connectivity index (χ3v) is 6.61. The Labute approximate surface area is 161 Å². The van der Waals surface area contributed by atoms with Gasteiger partial charge in [-0.2, -0.15) is 0 Å². The van der Waals surface area contributed by atoms with Gasteiger partial charge in [-0.1, -0.05) is 16.6 Å². The number of carbonyl (C=O) groups excluding carboxylic acids is 2. The van der Waals surface area contributed by atoms with E-state index >= 15 is 0 Å². The Morgan fingerprint density at radius 2 is 1.81 bits per heavy atom. The SMILES string of the molecule is O=C(c1ccccc1C(=O)N1[C@@H]2CC[C@H]1c1snnc1C2)N1CCOCC1. The van der Waals surface area contributed by atoms with Crippen molar-refractivity contribution in [3.63, 3.8) is 0 Å². The molecule has 27 heavy (non-hydrogen) atoms. The summed E-state index contributed by atoms with van der Waals surface area (Å²) < 4.78 is 9.42. The fourth-order valence-electron chi connectivity index (χ4n) is 4.41. The number of nitrogens with zero attached hydrogens (tertiary/aromatic N) is 4. The van der Waals surface area contributed by atoms with Gasteiger partial charge in [0.05, 0.1) is 41.0 Å². The number of benzene rings is 1. The molecule has 7 nitrogen and oxygen atoms in total. The van der Waals surface area contributed by atoms with Crippen LogP contribution in [-0.2, 0) is 11.2 Å². The van der Waals surface area contributed by atoms with Crippen LogP contribution in [0.25, 0.3) is 0 Å². The van der Waals surface area contributed by atoms with Gasteiger partial charge < -0.3 is 14.5 Å². The molecular weight excluding hydrogens is 364 g/mol. The molecule has 2 saturated heterocycles. The van der Waals surface area contributed by atoms with Crippen LogP contribution in [0.5, 0.6) is 0 Å². The van der Waals surface area contributed by atoms with Crippen LogP contribution < -0.4 is 0 Å². The van der Waals surface area contributed by atoms with Crippen LogP contribution in [0.3, 0.4) is 0 Å². The molecule has 2 amide bonds. The van der Waals surface area contributed by atoms with Gasteiger partial charge in [0.25, 0.3) is 11.8 Å². The lowest BCUT2D eigenvalue weighted by Crippen LogP contribution is -2.44. The van der Waals surface area contributed by atoms with E-state index in [4.69, 9.17) is 4.74 Å². The molecule has 140 valence electrons. The van der Waals surface area contributed by atoms with E-state index in [0.717, 1.165) is 29.8 Å². The topological polar surface area (TPSA) is 75.6 Å². The van der Waals surface area contributed by atoms with Crippen molar-refractivity contribution >= 4 is 23.3 Å². The molecule has 3 aliphatic heterocycles. The van der Waals surface area contributed by atoms with Crippen LogP contribution in [0, 0.1) is 0 Å². The number of aromatic nitrogens is 2. The lowest BCUT2D eigenvalue weighted by molar-refractivity contribution is 0.0300. The highest BCUT2D eigenvalue weighted by Gasteiger charge is 2.45. The number of amides is 2. The van der Waals surface area contributed by atoms with Gasteiger partial charge in [0.1, 0.15) is 0 Å². The molecule has 3 aliphatic rings. The number of ether oxygens (including phenoxy) is 1. The van der Waals surface area contributed by atoms with Crippen LogP contribution in [-0.4, -0.2) is 63.5 Å². The Morgan fingerprint density at radius 1 is 1.07 bits per heavy atom. The molecule has 1 aromatic heterocycles. The Hall–Kier alpha value is -2.32. The zero-order chi connectivity index (χ0) is 18.4. The average molecular weight is 384 g/mol. The monoisotopic (exact) mass is 384 g/mol. The Morgan fingerprint density at radius 3 is 2.59 bits per heavy atom. The van der Waals surface area contributed by atoms with Gasteiger partial charge in [-0.05, 0) is 36.5 Å². The molecule has 0 spiro atoms. The molecule has 0 aliphatic carbocycles. The van der Waals surface area contributed by atoms with Crippen molar-refractivity contribution in [2.75, 3.05) is 26.3 Å².